The molecule has 0 aliphatic carbocycles. The van der Waals surface area contributed by atoms with Gasteiger partial charge in [-0.1, -0.05) is 18.2 Å². The number of methoxy groups -OCH3 is 1. The average Bonchev–Trinajstić information content (AvgIpc) is 3.01. The molecule has 10 heteroatoms. The lowest BCUT2D eigenvalue weighted by atomic mass is 9.66. The highest BCUT2D eigenvalue weighted by molar-refractivity contribution is 6.16. The van der Waals surface area contributed by atoms with E-state index in [1.165, 1.54) is 18.9 Å². The molecule has 10 nitrogen and oxygen atoms in total. The van der Waals surface area contributed by atoms with Crippen LogP contribution >= 0.6 is 0 Å². The number of allylic oxidation sites excluding steroid dienone is 1. The van der Waals surface area contributed by atoms with E-state index in [9.17, 15) is 19.2 Å². The molecule has 0 bridgehead atoms. The molecule has 1 spiro atoms. The second-order valence-corrected chi connectivity index (χ2v) is 6.95. The number of carbonyl (C=O) groups is 4. The number of nitrogens with two attached hydrogens (primary N) is 1. The molecule has 0 unspecified atom stereocenters. The third-order valence-corrected chi connectivity index (χ3v) is 5.27. The predicted octanol–water partition coefficient (Wildman–Crippen LogP) is 1.04. The van der Waals surface area contributed by atoms with E-state index in [-0.39, 0.29) is 48.0 Å². The highest BCUT2D eigenvalue weighted by Gasteiger charge is 2.63. The zero-order valence-electron chi connectivity index (χ0n) is 18.2. The second-order valence-electron chi connectivity index (χ2n) is 6.95. The van der Waals surface area contributed by atoms with Gasteiger partial charge in [0.25, 0.3) is 0 Å². The summed E-state index contributed by atoms with van der Waals surface area (Å²) in [5.74, 6) is -3.53. The zero-order chi connectivity index (χ0) is 23.6. The molecule has 2 aliphatic rings. The fourth-order valence-corrected chi connectivity index (χ4v) is 4.05. The number of hydrogen-bond donors (Lipinski definition) is 1. The summed E-state index contributed by atoms with van der Waals surface area (Å²) in [5, 5.41) is 0. The van der Waals surface area contributed by atoms with Gasteiger partial charge in [0.05, 0.1) is 20.3 Å². The van der Waals surface area contributed by atoms with Crippen LogP contribution in [-0.4, -0.2) is 50.7 Å². The van der Waals surface area contributed by atoms with Crippen LogP contribution in [0.3, 0.4) is 0 Å². The van der Waals surface area contributed by atoms with Gasteiger partial charge in [-0.25, -0.2) is 14.4 Å². The van der Waals surface area contributed by atoms with Crippen molar-refractivity contribution < 1.29 is 38.1 Å². The van der Waals surface area contributed by atoms with E-state index >= 15 is 0 Å². The van der Waals surface area contributed by atoms with Crippen LogP contribution in [0.25, 0.3) is 0 Å². The smallest absolute Gasteiger partial charge is 0.339 e. The van der Waals surface area contributed by atoms with Crippen LogP contribution in [-0.2, 0) is 43.5 Å². The Labute approximate surface area is 184 Å². The normalized spacial score (nSPS) is 19.6. The quantitative estimate of drug-likeness (QED) is 0.501. The molecular weight excluding hydrogens is 420 g/mol. The number of cyclic esters (lactones) is 1. The lowest BCUT2D eigenvalue weighted by molar-refractivity contribution is -0.147. The van der Waals surface area contributed by atoms with E-state index in [0.29, 0.717) is 5.69 Å². The van der Waals surface area contributed by atoms with Crippen molar-refractivity contribution in [2.24, 2.45) is 5.73 Å². The van der Waals surface area contributed by atoms with Crippen LogP contribution in [0.1, 0.15) is 26.3 Å². The maximum Gasteiger partial charge on any atom is 0.339 e. The number of ether oxygens (including phenoxy) is 4. The number of esters is 4. The van der Waals surface area contributed by atoms with Crippen LogP contribution < -0.4 is 10.6 Å². The standard InChI is InChI=1S/C22H24N2O8/c1-5-30-19(26)16-12(3)32-21(28)22(16)13-9-7-8-10-14(13)24(11-15(25)29-4)18(23)17(22)20(27)31-6-2/h7-10H,5-6,11,23H2,1-4H3/t22-/m0/s1. The van der Waals surface area contributed by atoms with E-state index in [1.807, 2.05) is 0 Å². The van der Waals surface area contributed by atoms with Gasteiger partial charge in [0.1, 0.15) is 29.3 Å². The first-order chi connectivity index (χ1) is 15.2. The number of fused-ring (bicyclic) bond motifs is 2. The van der Waals surface area contributed by atoms with Crippen molar-refractivity contribution in [1.29, 1.82) is 0 Å². The molecule has 2 N–H and O–H groups in total. The Bertz CT molecular complexity index is 1060. The van der Waals surface area contributed by atoms with Crippen molar-refractivity contribution in [2.75, 3.05) is 31.8 Å². The summed E-state index contributed by atoms with van der Waals surface area (Å²) in [7, 11) is 1.21. The summed E-state index contributed by atoms with van der Waals surface area (Å²) in [5.41, 5.74) is 4.43. The number of benzene rings is 1. The zero-order valence-corrected chi connectivity index (χ0v) is 18.2. The minimum Gasteiger partial charge on any atom is -0.468 e. The monoisotopic (exact) mass is 444 g/mol. The minimum absolute atomic E-state index is 0.0146. The summed E-state index contributed by atoms with van der Waals surface area (Å²) < 4.78 is 20.5. The maximum atomic E-state index is 13.4. The Morgan fingerprint density at radius 2 is 1.66 bits per heavy atom. The summed E-state index contributed by atoms with van der Waals surface area (Å²) in [6.07, 6.45) is 0. The first-order valence-electron chi connectivity index (χ1n) is 9.97. The number of carbonyl (C=O) groups excluding carboxylic acids is 4. The summed E-state index contributed by atoms with van der Waals surface area (Å²) in [6, 6.07) is 6.47. The van der Waals surface area contributed by atoms with Crippen molar-refractivity contribution in [2.45, 2.75) is 26.2 Å². The Kier molecular flexibility index (Phi) is 6.24. The van der Waals surface area contributed by atoms with Gasteiger partial charge < -0.3 is 29.6 Å². The molecule has 0 aromatic heterocycles. The van der Waals surface area contributed by atoms with Gasteiger partial charge in [-0.2, -0.15) is 0 Å². The average molecular weight is 444 g/mol. The van der Waals surface area contributed by atoms with Crippen LogP contribution in [0.15, 0.2) is 47.0 Å². The van der Waals surface area contributed by atoms with Crippen molar-refractivity contribution >= 4 is 29.6 Å². The Morgan fingerprint density at radius 1 is 1.06 bits per heavy atom. The van der Waals surface area contributed by atoms with Crippen LogP contribution in [0, 0.1) is 0 Å². The molecule has 0 radical (unpaired) electrons. The number of hydrogen-bond acceptors (Lipinski definition) is 10. The van der Waals surface area contributed by atoms with Crippen molar-refractivity contribution in [3.63, 3.8) is 0 Å². The molecule has 0 saturated carbocycles. The third-order valence-electron chi connectivity index (χ3n) is 5.27. The molecule has 2 heterocycles. The largest absolute Gasteiger partial charge is 0.468 e. The lowest BCUT2D eigenvalue weighted by Crippen LogP contribution is -2.51. The minimum atomic E-state index is -2.02. The fraction of sp³-hybridized carbons (Fsp3) is 0.364. The molecule has 0 saturated heterocycles. The van der Waals surface area contributed by atoms with Crippen molar-refractivity contribution in [1.82, 2.24) is 0 Å². The van der Waals surface area contributed by atoms with E-state index in [4.69, 9.17) is 24.7 Å². The Morgan fingerprint density at radius 3 is 2.25 bits per heavy atom. The highest BCUT2D eigenvalue weighted by atomic mass is 16.6. The third kappa shape index (κ3) is 3.28. The number of anilines is 1. The van der Waals surface area contributed by atoms with Gasteiger partial charge in [-0.15, -0.1) is 0 Å². The highest BCUT2D eigenvalue weighted by Crippen LogP contribution is 2.54. The molecule has 32 heavy (non-hydrogen) atoms. The Hall–Kier alpha value is -3.82. The molecule has 1 atom stereocenters. The maximum absolute atomic E-state index is 13.4. The second kappa shape index (κ2) is 8.74. The summed E-state index contributed by atoms with van der Waals surface area (Å²) in [4.78, 5) is 53.0. The number of rotatable bonds is 6. The van der Waals surface area contributed by atoms with Crippen molar-refractivity contribution in [3.05, 3.63) is 52.6 Å². The van der Waals surface area contributed by atoms with Gasteiger partial charge in [-0.05, 0) is 26.8 Å². The van der Waals surface area contributed by atoms with E-state index in [2.05, 4.69) is 0 Å². The van der Waals surface area contributed by atoms with Gasteiger partial charge in [-0.3, -0.25) is 4.79 Å². The molecular formula is C22H24N2O8. The number of nitrogens with zero attached hydrogens (tertiary/aromatic N) is 1. The molecule has 1 aromatic rings. The van der Waals surface area contributed by atoms with E-state index < -0.39 is 29.3 Å². The summed E-state index contributed by atoms with van der Waals surface area (Å²) in [6.45, 7) is 4.30. The van der Waals surface area contributed by atoms with E-state index in [1.54, 1.807) is 38.1 Å². The first kappa shape index (κ1) is 22.9. The molecule has 170 valence electrons. The van der Waals surface area contributed by atoms with Crippen molar-refractivity contribution in [3.8, 4) is 0 Å². The topological polar surface area (TPSA) is 134 Å². The summed E-state index contributed by atoms with van der Waals surface area (Å²) >= 11 is 0. The number of para-hydroxylation sites is 1. The SMILES string of the molecule is CCOC(=O)C1=C(C)OC(=O)[C@]12C(C(=O)OCC)=C(N)N(CC(=O)OC)c1ccccc12. The van der Waals surface area contributed by atoms with Crippen LogP contribution in [0.5, 0.6) is 0 Å². The molecule has 0 fully saturated rings. The first-order valence-corrected chi connectivity index (χ1v) is 9.97. The van der Waals surface area contributed by atoms with Gasteiger partial charge in [0.2, 0.25) is 0 Å². The molecule has 2 aliphatic heterocycles. The molecule has 3 rings (SSSR count). The van der Waals surface area contributed by atoms with Gasteiger partial charge in [0, 0.05) is 11.3 Å². The lowest BCUT2D eigenvalue weighted by Gasteiger charge is -2.40. The van der Waals surface area contributed by atoms with Gasteiger partial charge in [0.15, 0.2) is 5.41 Å². The van der Waals surface area contributed by atoms with Crippen LogP contribution in [0.2, 0.25) is 0 Å². The predicted molar refractivity (Wildman–Crippen MR) is 111 cm³/mol. The van der Waals surface area contributed by atoms with Gasteiger partial charge >= 0.3 is 23.9 Å². The fourth-order valence-electron chi connectivity index (χ4n) is 4.05. The molecule has 0 amide bonds. The molecule has 1 aromatic carbocycles. The van der Waals surface area contributed by atoms with E-state index in [0.717, 1.165) is 0 Å². The Balaban J connectivity index is 2.42. The van der Waals surface area contributed by atoms with Crippen LogP contribution in [0.4, 0.5) is 5.69 Å².